The molecule has 0 saturated carbocycles. The molecule has 3 rings (SSSR count). The van der Waals surface area contributed by atoms with Gasteiger partial charge in [0.05, 0.1) is 18.0 Å². The van der Waals surface area contributed by atoms with Crippen molar-refractivity contribution in [3.8, 4) is 5.88 Å². The lowest BCUT2D eigenvalue weighted by atomic mass is 9.82. The molecule has 1 aromatic heterocycles. The van der Waals surface area contributed by atoms with Crippen molar-refractivity contribution in [2.45, 2.75) is 5.60 Å². The summed E-state index contributed by atoms with van der Waals surface area (Å²) in [7, 11) is 4.09. The van der Waals surface area contributed by atoms with Gasteiger partial charge < -0.3 is 19.6 Å². The molecule has 1 atom stereocenters. The van der Waals surface area contributed by atoms with Crippen molar-refractivity contribution < 1.29 is 23.9 Å². The van der Waals surface area contributed by atoms with Gasteiger partial charge in [-0.1, -0.05) is 59.8 Å². The third kappa shape index (κ3) is 4.26. The lowest BCUT2D eigenvalue weighted by molar-refractivity contribution is -0.156. The second-order valence-electron chi connectivity index (χ2n) is 6.21. The Labute approximate surface area is 183 Å². The molecule has 1 N–H and O–H groups in total. The van der Waals surface area contributed by atoms with Crippen LogP contribution >= 0.6 is 11.3 Å². The summed E-state index contributed by atoms with van der Waals surface area (Å²) in [5.74, 6) is -0.943. The van der Waals surface area contributed by atoms with Gasteiger partial charge in [0.15, 0.2) is 5.71 Å². The average Bonchev–Trinajstić information content (AvgIpc) is 3.34. The molecule has 3 aromatic rings. The second-order valence-corrected chi connectivity index (χ2v) is 6.93. The molecular formula is C22H21N3O5S. The summed E-state index contributed by atoms with van der Waals surface area (Å²) in [6, 6.07) is 15.7. The van der Waals surface area contributed by atoms with Crippen LogP contribution in [0, 0.1) is 0 Å². The Morgan fingerprint density at radius 1 is 1.06 bits per heavy atom. The van der Waals surface area contributed by atoms with E-state index in [1.807, 2.05) is 6.07 Å². The fraction of sp³-hybridized carbons (Fsp3) is 0.182. The SMILES string of the molecule is CNC(=O)/C(=N/OC)c1ccccc1C(Oc1cscn1)(C(=O)OC)c1ccccc1. The van der Waals surface area contributed by atoms with E-state index in [1.54, 1.807) is 59.4 Å². The van der Waals surface area contributed by atoms with Crippen LogP contribution in [0.4, 0.5) is 0 Å². The van der Waals surface area contributed by atoms with Crippen molar-refractivity contribution in [2.75, 3.05) is 21.3 Å². The highest BCUT2D eigenvalue weighted by Crippen LogP contribution is 2.38. The number of hydrogen-bond acceptors (Lipinski definition) is 8. The van der Waals surface area contributed by atoms with Gasteiger partial charge >= 0.3 is 5.97 Å². The van der Waals surface area contributed by atoms with Gasteiger partial charge in [0.2, 0.25) is 5.88 Å². The summed E-state index contributed by atoms with van der Waals surface area (Å²) in [6.45, 7) is 0. The van der Waals surface area contributed by atoms with Crippen LogP contribution < -0.4 is 10.1 Å². The van der Waals surface area contributed by atoms with Gasteiger partial charge in [-0.3, -0.25) is 4.79 Å². The van der Waals surface area contributed by atoms with Gasteiger partial charge in [-0.15, -0.1) is 11.3 Å². The number of oxime groups is 1. The van der Waals surface area contributed by atoms with Gasteiger partial charge in [-0.05, 0) is 0 Å². The number of likely N-dealkylation sites (N-methyl/N-ethyl adjacent to an activating group) is 1. The maximum absolute atomic E-state index is 13.4. The maximum atomic E-state index is 13.4. The number of amides is 1. The van der Waals surface area contributed by atoms with Gasteiger partial charge in [-0.25, -0.2) is 9.78 Å². The van der Waals surface area contributed by atoms with E-state index in [2.05, 4.69) is 15.5 Å². The number of benzene rings is 2. The second kappa shape index (κ2) is 9.86. The fourth-order valence-corrected chi connectivity index (χ4v) is 3.63. The molecule has 1 heterocycles. The molecule has 31 heavy (non-hydrogen) atoms. The Morgan fingerprint density at radius 3 is 2.39 bits per heavy atom. The average molecular weight is 439 g/mol. The number of nitrogens with zero attached hydrogens (tertiary/aromatic N) is 2. The number of esters is 1. The number of thiazole rings is 1. The minimum absolute atomic E-state index is 0.0216. The molecule has 0 aliphatic rings. The molecule has 2 aromatic carbocycles. The zero-order valence-corrected chi connectivity index (χ0v) is 18.0. The topological polar surface area (TPSA) is 99.1 Å². The summed E-state index contributed by atoms with van der Waals surface area (Å²) < 4.78 is 11.4. The maximum Gasteiger partial charge on any atom is 0.359 e. The highest BCUT2D eigenvalue weighted by atomic mass is 32.1. The Balaban J connectivity index is 2.37. The molecule has 8 nitrogen and oxygen atoms in total. The van der Waals surface area contributed by atoms with E-state index in [-0.39, 0.29) is 11.6 Å². The van der Waals surface area contributed by atoms with Crippen molar-refractivity contribution in [1.29, 1.82) is 0 Å². The van der Waals surface area contributed by atoms with E-state index in [0.717, 1.165) is 0 Å². The van der Waals surface area contributed by atoms with Crippen molar-refractivity contribution in [1.82, 2.24) is 10.3 Å². The lowest BCUT2D eigenvalue weighted by Crippen LogP contribution is -2.45. The highest BCUT2D eigenvalue weighted by Gasteiger charge is 2.49. The van der Waals surface area contributed by atoms with E-state index in [0.29, 0.717) is 16.7 Å². The molecule has 0 spiro atoms. The van der Waals surface area contributed by atoms with E-state index >= 15 is 0 Å². The van der Waals surface area contributed by atoms with Crippen LogP contribution in [-0.4, -0.2) is 43.8 Å². The minimum Gasteiger partial charge on any atom is -0.466 e. The lowest BCUT2D eigenvalue weighted by Gasteiger charge is -2.33. The van der Waals surface area contributed by atoms with Gasteiger partial charge in [-0.2, -0.15) is 0 Å². The number of hydrogen-bond donors (Lipinski definition) is 1. The van der Waals surface area contributed by atoms with Crippen LogP contribution in [0.25, 0.3) is 0 Å². The molecule has 0 radical (unpaired) electrons. The van der Waals surface area contributed by atoms with E-state index in [9.17, 15) is 9.59 Å². The molecule has 0 saturated heterocycles. The number of nitrogens with one attached hydrogen (secondary N) is 1. The quantitative estimate of drug-likeness (QED) is 0.329. The van der Waals surface area contributed by atoms with Crippen LogP contribution in [0.5, 0.6) is 5.88 Å². The predicted molar refractivity (Wildman–Crippen MR) is 116 cm³/mol. The van der Waals surface area contributed by atoms with Crippen LogP contribution in [0.15, 0.2) is 70.6 Å². The molecule has 0 bridgehead atoms. The van der Waals surface area contributed by atoms with Crippen molar-refractivity contribution in [3.63, 3.8) is 0 Å². The van der Waals surface area contributed by atoms with Crippen LogP contribution in [0.1, 0.15) is 16.7 Å². The Kier molecular flexibility index (Phi) is 6.99. The standard InChI is InChI=1S/C22H21N3O5S/c1-23-20(26)19(25-29-3)16-11-7-8-12-17(16)22(21(27)28-2,15-9-5-4-6-10-15)30-18-13-31-14-24-18/h4-14H,1-3H3,(H,23,26)/b25-19+. The zero-order valence-electron chi connectivity index (χ0n) is 17.2. The third-order valence-electron chi connectivity index (χ3n) is 4.51. The highest BCUT2D eigenvalue weighted by molar-refractivity contribution is 7.07. The summed E-state index contributed by atoms with van der Waals surface area (Å²) in [6.07, 6.45) is 0. The smallest absolute Gasteiger partial charge is 0.359 e. The number of aromatic nitrogens is 1. The zero-order chi connectivity index (χ0) is 22.3. The summed E-state index contributed by atoms with van der Waals surface area (Å²) in [4.78, 5) is 35.1. The number of carbonyl (C=O) groups is 2. The number of carbonyl (C=O) groups excluding carboxylic acids is 2. The molecular weight excluding hydrogens is 418 g/mol. The van der Waals surface area contributed by atoms with Gasteiger partial charge in [0.25, 0.3) is 11.5 Å². The van der Waals surface area contributed by atoms with Crippen LogP contribution in [0.3, 0.4) is 0 Å². The Hall–Kier alpha value is -3.72. The Morgan fingerprint density at radius 2 is 1.77 bits per heavy atom. The molecule has 0 fully saturated rings. The fourth-order valence-electron chi connectivity index (χ4n) is 3.18. The number of rotatable bonds is 8. The number of ether oxygens (including phenoxy) is 2. The Bertz CT molecular complexity index is 1070. The van der Waals surface area contributed by atoms with Gasteiger partial charge in [0.1, 0.15) is 7.11 Å². The first-order valence-corrected chi connectivity index (χ1v) is 10.2. The first-order valence-electron chi connectivity index (χ1n) is 9.22. The summed E-state index contributed by atoms with van der Waals surface area (Å²) in [5.41, 5.74) is 0.996. The first kappa shape index (κ1) is 22.0. The van der Waals surface area contributed by atoms with E-state index in [4.69, 9.17) is 14.3 Å². The minimum atomic E-state index is -1.76. The molecule has 1 unspecified atom stereocenters. The van der Waals surface area contributed by atoms with Crippen LogP contribution in [0.2, 0.25) is 0 Å². The molecule has 9 heteroatoms. The van der Waals surface area contributed by atoms with Gasteiger partial charge in [0, 0.05) is 23.7 Å². The summed E-state index contributed by atoms with van der Waals surface area (Å²) >= 11 is 1.32. The number of methoxy groups -OCH3 is 1. The van der Waals surface area contributed by atoms with E-state index < -0.39 is 17.5 Å². The normalized spacial score (nSPS) is 13.1. The van der Waals surface area contributed by atoms with Crippen molar-refractivity contribution in [3.05, 3.63) is 82.2 Å². The molecule has 0 aliphatic carbocycles. The van der Waals surface area contributed by atoms with E-state index in [1.165, 1.54) is 32.6 Å². The van der Waals surface area contributed by atoms with Crippen molar-refractivity contribution in [2.24, 2.45) is 5.16 Å². The van der Waals surface area contributed by atoms with Crippen LogP contribution in [-0.2, 0) is 24.8 Å². The molecule has 0 aliphatic heterocycles. The molecule has 1 amide bonds. The summed E-state index contributed by atoms with van der Waals surface area (Å²) in [5, 5.41) is 8.11. The third-order valence-corrected chi connectivity index (χ3v) is 5.07. The van der Waals surface area contributed by atoms with Crippen molar-refractivity contribution >= 4 is 28.9 Å². The predicted octanol–water partition coefficient (Wildman–Crippen LogP) is 2.74. The largest absolute Gasteiger partial charge is 0.466 e. The monoisotopic (exact) mass is 439 g/mol. The molecule has 160 valence electrons. The first-order chi connectivity index (χ1) is 15.1.